The van der Waals surface area contributed by atoms with Crippen LogP contribution < -0.4 is 14.4 Å². The summed E-state index contributed by atoms with van der Waals surface area (Å²) in [7, 11) is 3.71. The van der Waals surface area contributed by atoms with E-state index in [9.17, 15) is 4.79 Å². The molecule has 7 heteroatoms. The monoisotopic (exact) mass is 447 g/mol. The van der Waals surface area contributed by atoms with E-state index in [2.05, 4.69) is 11.9 Å². The lowest BCUT2D eigenvalue weighted by Crippen LogP contribution is -2.28. The van der Waals surface area contributed by atoms with Crippen molar-refractivity contribution in [1.29, 1.82) is 0 Å². The number of anilines is 1. The van der Waals surface area contributed by atoms with Crippen molar-refractivity contribution in [2.24, 2.45) is 0 Å². The van der Waals surface area contributed by atoms with Crippen LogP contribution in [0, 0.1) is 0 Å². The van der Waals surface area contributed by atoms with Crippen LogP contribution >= 0.6 is 23.2 Å². The first-order valence-electron chi connectivity index (χ1n) is 9.89. The zero-order chi connectivity index (χ0) is 21.3. The van der Waals surface area contributed by atoms with Crippen LogP contribution in [0.15, 0.2) is 36.4 Å². The average Bonchev–Trinajstić information content (AvgIpc) is 2.73. The van der Waals surface area contributed by atoms with Crippen LogP contribution in [-0.2, 0) is 4.74 Å². The molecule has 0 aliphatic carbocycles. The van der Waals surface area contributed by atoms with Crippen LogP contribution in [0.1, 0.15) is 35.2 Å². The van der Waals surface area contributed by atoms with Crippen LogP contribution in [0.5, 0.6) is 11.5 Å². The summed E-state index contributed by atoms with van der Waals surface area (Å²) >= 11 is 12.0. The Kier molecular flexibility index (Phi) is 6.11. The van der Waals surface area contributed by atoms with Crippen molar-refractivity contribution in [1.82, 2.24) is 0 Å². The smallest absolute Gasteiger partial charge is 0.338 e. The van der Waals surface area contributed by atoms with Crippen LogP contribution in [0.3, 0.4) is 0 Å². The summed E-state index contributed by atoms with van der Waals surface area (Å²) in [6.45, 7) is 0.917. The van der Waals surface area contributed by atoms with Crippen LogP contribution in [-0.4, -0.2) is 38.9 Å². The third kappa shape index (κ3) is 4.23. The number of ether oxygens (including phenoxy) is 3. The highest BCUT2D eigenvalue weighted by molar-refractivity contribution is 6.42. The van der Waals surface area contributed by atoms with Gasteiger partial charge in [0.25, 0.3) is 0 Å². The van der Waals surface area contributed by atoms with Crippen molar-refractivity contribution in [3.8, 4) is 11.5 Å². The Hall–Kier alpha value is -2.37. The Morgan fingerprint density at radius 3 is 2.80 bits per heavy atom. The number of hydrogen-bond acceptors (Lipinski definition) is 5. The van der Waals surface area contributed by atoms with E-state index in [1.807, 2.05) is 24.3 Å². The summed E-state index contributed by atoms with van der Waals surface area (Å²) in [5, 5.41) is 0.716. The Balaban J connectivity index is 1.67. The third-order valence-corrected chi connectivity index (χ3v) is 6.20. The number of carbonyl (C=O) groups is 1. The number of halogens is 2. The number of esters is 1. The van der Waals surface area contributed by atoms with Crippen molar-refractivity contribution >= 4 is 40.9 Å². The quantitative estimate of drug-likeness (QED) is 0.571. The van der Waals surface area contributed by atoms with E-state index in [1.165, 1.54) is 6.07 Å². The molecule has 2 aliphatic rings. The van der Waals surface area contributed by atoms with Gasteiger partial charge in [-0.15, -0.1) is 0 Å². The summed E-state index contributed by atoms with van der Waals surface area (Å²) in [5.74, 6) is 0.991. The molecule has 0 amide bonds. The van der Waals surface area contributed by atoms with E-state index >= 15 is 0 Å². The first-order chi connectivity index (χ1) is 14.5. The Morgan fingerprint density at radius 1 is 1.20 bits per heavy atom. The van der Waals surface area contributed by atoms with E-state index in [-0.39, 0.29) is 6.10 Å². The lowest BCUT2D eigenvalue weighted by atomic mass is 10.0. The molecule has 30 heavy (non-hydrogen) atoms. The normalized spacial score (nSPS) is 20.3. The minimum Gasteiger partial charge on any atom is -0.493 e. The molecule has 4 rings (SSSR count). The largest absolute Gasteiger partial charge is 0.493 e. The van der Waals surface area contributed by atoms with Crippen LogP contribution in [0.2, 0.25) is 10.0 Å². The van der Waals surface area contributed by atoms with Gasteiger partial charge in [-0.2, -0.15) is 0 Å². The van der Waals surface area contributed by atoms with Crippen molar-refractivity contribution in [3.05, 3.63) is 57.6 Å². The Morgan fingerprint density at radius 2 is 2.03 bits per heavy atom. The van der Waals surface area contributed by atoms with Crippen molar-refractivity contribution < 1.29 is 19.0 Å². The molecule has 0 aromatic heterocycles. The van der Waals surface area contributed by atoms with Gasteiger partial charge in [0.15, 0.2) is 11.5 Å². The molecule has 0 fully saturated rings. The second-order valence-electron chi connectivity index (χ2n) is 7.50. The van der Waals surface area contributed by atoms with Gasteiger partial charge in [-0.3, -0.25) is 0 Å². The predicted molar refractivity (Wildman–Crippen MR) is 119 cm³/mol. The number of methoxy groups -OCH3 is 1. The molecule has 1 unspecified atom stereocenters. The summed E-state index contributed by atoms with van der Waals surface area (Å²) < 4.78 is 17.7. The summed E-state index contributed by atoms with van der Waals surface area (Å²) in [5.41, 5.74) is 2.35. The standard InChI is InChI=1S/C23H23Cl2NO4/c1-26-11-3-4-15-13-16(30-23(27)14-5-8-18(24)19(25)12-14)6-7-17-20(26)9-10-21(28-2)22(17)29-15/h5-10,12,15-16H,3-4,11,13H2,1-2H3/t15?,16-/m0/s1. The minimum absolute atomic E-state index is 0.101. The molecule has 0 N–H and O–H groups in total. The lowest BCUT2D eigenvalue weighted by Gasteiger charge is -2.27. The molecule has 4 bridgehead atoms. The Labute approximate surface area is 186 Å². The number of benzene rings is 2. The molecule has 0 saturated heterocycles. The van der Waals surface area contributed by atoms with Crippen molar-refractivity contribution in [2.75, 3.05) is 25.6 Å². The fourth-order valence-corrected chi connectivity index (χ4v) is 4.17. The zero-order valence-electron chi connectivity index (χ0n) is 16.9. The number of nitrogens with zero attached hydrogens (tertiary/aromatic N) is 1. The van der Waals surface area contributed by atoms with Crippen LogP contribution in [0.25, 0.3) is 6.08 Å². The fraction of sp³-hybridized carbons (Fsp3) is 0.348. The molecule has 5 nitrogen and oxygen atoms in total. The minimum atomic E-state index is -0.444. The van der Waals surface area contributed by atoms with E-state index in [0.717, 1.165) is 36.4 Å². The van der Waals surface area contributed by atoms with Gasteiger partial charge >= 0.3 is 5.97 Å². The van der Waals surface area contributed by atoms with Gasteiger partial charge in [-0.25, -0.2) is 4.79 Å². The maximum atomic E-state index is 12.7. The van der Waals surface area contributed by atoms with Gasteiger partial charge in [0.2, 0.25) is 0 Å². The molecule has 158 valence electrons. The summed E-state index contributed by atoms with van der Waals surface area (Å²) in [4.78, 5) is 14.9. The van der Waals surface area contributed by atoms with Gasteiger partial charge in [-0.1, -0.05) is 23.2 Å². The van der Waals surface area contributed by atoms with E-state index < -0.39 is 12.1 Å². The third-order valence-electron chi connectivity index (χ3n) is 5.46. The van der Waals surface area contributed by atoms with Crippen molar-refractivity contribution in [2.45, 2.75) is 31.5 Å². The first kappa shape index (κ1) is 20.9. The highest BCUT2D eigenvalue weighted by Crippen LogP contribution is 2.42. The first-order valence-corrected chi connectivity index (χ1v) is 10.6. The Bertz CT molecular complexity index is 991. The van der Waals surface area contributed by atoms with E-state index in [1.54, 1.807) is 19.2 Å². The number of carbonyl (C=O) groups excluding carboxylic acids is 1. The second-order valence-corrected chi connectivity index (χ2v) is 8.32. The van der Waals surface area contributed by atoms with E-state index in [0.29, 0.717) is 27.8 Å². The zero-order valence-corrected chi connectivity index (χ0v) is 18.4. The maximum absolute atomic E-state index is 12.7. The molecule has 2 heterocycles. The highest BCUT2D eigenvalue weighted by atomic mass is 35.5. The van der Waals surface area contributed by atoms with Gasteiger partial charge in [0, 0.05) is 31.3 Å². The SMILES string of the molecule is COc1ccc2c3c1OC(CCCN2C)C[C@@H](OC(=O)c1ccc(Cl)c(Cl)c1)C=C3. The molecule has 2 aromatic rings. The van der Waals surface area contributed by atoms with Gasteiger partial charge < -0.3 is 19.1 Å². The molecular formula is C23H23Cl2NO4. The molecular weight excluding hydrogens is 425 g/mol. The molecule has 2 aromatic carbocycles. The van der Waals surface area contributed by atoms with E-state index in [4.69, 9.17) is 37.4 Å². The molecule has 2 aliphatic heterocycles. The molecule has 0 spiro atoms. The second kappa shape index (κ2) is 8.78. The van der Waals surface area contributed by atoms with Gasteiger partial charge in [0.1, 0.15) is 12.2 Å². The fourth-order valence-electron chi connectivity index (χ4n) is 3.87. The number of rotatable bonds is 3. The summed E-state index contributed by atoms with van der Waals surface area (Å²) in [6.07, 6.45) is 5.72. The lowest BCUT2D eigenvalue weighted by molar-refractivity contribution is 0.0285. The summed E-state index contributed by atoms with van der Waals surface area (Å²) in [6, 6.07) is 8.69. The highest BCUT2D eigenvalue weighted by Gasteiger charge is 2.28. The van der Waals surface area contributed by atoms with Crippen LogP contribution in [0.4, 0.5) is 5.69 Å². The average molecular weight is 448 g/mol. The topological polar surface area (TPSA) is 48.0 Å². The van der Waals surface area contributed by atoms with Crippen molar-refractivity contribution in [3.63, 3.8) is 0 Å². The molecule has 2 atom stereocenters. The number of fused-ring (bicyclic) bond motifs is 1. The maximum Gasteiger partial charge on any atom is 0.338 e. The predicted octanol–water partition coefficient (Wildman–Crippen LogP) is 5.62. The molecule has 0 radical (unpaired) electrons. The number of hydrogen-bond donors (Lipinski definition) is 0. The van der Waals surface area contributed by atoms with Gasteiger partial charge in [-0.05, 0) is 55.3 Å². The molecule has 0 saturated carbocycles. The van der Waals surface area contributed by atoms with Gasteiger partial charge in [0.05, 0.1) is 22.7 Å².